The lowest BCUT2D eigenvalue weighted by atomic mass is 9.99. The summed E-state index contributed by atoms with van der Waals surface area (Å²) in [6, 6.07) is 6.97. The van der Waals surface area contributed by atoms with Crippen molar-refractivity contribution in [1.29, 1.82) is 0 Å². The number of hydrogen-bond donors (Lipinski definition) is 1. The quantitative estimate of drug-likeness (QED) is 0.579. The van der Waals surface area contributed by atoms with Crippen molar-refractivity contribution < 1.29 is 31.8 Å². The Labute approximate surface area is 185 Å². The number of alkyl halides is 3. The van der Waals surface area contributed by atoms with Gasteiger partial charge in [0.15, 0.2) is 0 Å². The van der Waals surface area contributed by atoms with Gasteiger partial charge >= 0.3 is 6.18 Å². The summed E-state index contributed by atoms with van der Waals surface area (Å²) >= 11 is 0. The third kappa shape index (κ3) is 3.79. The molecule has 1 atom stereocenters. The van der Waals surface area contributed by atoms with Crippen LogP contribution in [-0.4, -0.2) is 35.5 Å². The Bertz CT molecular complexity index is 1260. The first-order valence-corrected chi connectivity index (χ1v) is 10.3. The highest BCUT2D eigenvalue weighted by atomic mass is 19.4. The molecule has 172 valence electrons. The van der Waals surface area contributed by atoms with Crippen molar-refractivity contribution in [3.05, 3.63) is 70.0 Å². The van der Waals surface area contributed by atoms with Crippen LogP contribution in [0.4, 0.5) is 23.4 Å². The number of nitrogen functional groups attached to an aromatic ring is 1. The third-order valence-electron chi connectivity index (χ3n) is 6.05. The van der Waals surface area contributed by atoms with E-state index in [0.29, 0.717) is 30.1 Å². The maximum atomic E-state index is 13.8. The Morgan fingerprint density at radius 2 is 1.88 bits per heavy atom. The van der Waals surface area contributed by atoms with Crippen LogP contribution in [-0.2, 0) is 28.9 Å². The van der Waals surface area contributed by atoms with Crippen molar-refractivity contribution in [2.24, 2.45) is 0 Å². The molecule has 0 radical (unpaired) electrons. The van der Waals surface area contributed by atoms with Crippen molar-refractivity contribution in [2.75, 3.05) is 25.5 Å². The van der Waals surface area contributed by atoms with Gasteiger partial charge in [0.25, 0.3) is 5.91 Å². The van der Waals surface area contributed by atoms with Crippen molar-refractivity contribution in [3.8, 4) is 0 Å². The van der Waals surface area contributed by atoms with Crippen molar-refractivity contribution in [2.45, 2.75) is 25.4 Å². The number of ether oxygens (including phenoxy) is 2. The minimum Gasteiger partial charge on any atom is -0.383 e. The standard InChI is InChI=1S/C23H19F4N3O3/c24-18-3-1-12(8-17(18)23(25,26)27)20-11-32-6-5-30(20)22(31)13-2-4-19-14(7-13)15-9-33-10-16(15)21(28)29-19/h1-4,7-8,20H,5-6,9-11H2,(H2,28,29)/t20-/m1/s1. The number of rotatable bonds is 2. The molecule has 5 rings (SSSR count). The van der Waals surface area contributed by atoms with E-state index in [4.69, 9.17) is 15.2 Å². The van der Waals surface area contributed by atoms with Gasteiger partial charge in [0.1, 0.15) is 11.6 Å². The number of carbonyl (C=O) groups excluding carboxylic acids is 1. The highest BCUT2D eigenvalue weighted by molar-refractivity contribution is 5.99. The number of nitrogens with two attached hydrogens (primary N) is 1. The molecule has 0 bridgehead atoms. The number of morpholine rings is 1. The van der Waals surface area contributed by atoms with Gasteiger partial charge in [-0.1, -0.05) is 6.07 Å². The normalized spacial score (nSPS) is 18.5. The molecule has 2 N–H and O–H groups in total. The lowest BCUT2D eigenvalue weighted by molar-refractivity contribution is -0.140. The monoisotopic (exact) mass is 461 g/mol. The number of benzene rings is 2. The van der Waals surface area contributed by atoms with Gasteiger partial charge in [-0.15, -0.1) is 0 Å². The van der Waals surface area contributed by atoms with Crippen molar-refractivity contribution in [3.63, 3.8) is 0 Å². The van der Waals surface area contributed by atoms with E-state index in [2.05, 4.69) is 4.98 Å². The number of aromatic nitrogens is 1. The summed E-state index contributed by atoms with van der Waals surface area (Å²) < 4.78 is 64.4. The molecule has 0 spiro atoms. The zero-order valence-electron chi connectivity index (χ0n) is 17.3. The van der Waals surface area contributed by atoms with Crippen LogP contribution < -0.4 is 5.73 Å². The molecular weight excluding hydrogens is 442 g/mol. The molecular formula is C23H19F4N3O3. The molecule has 33 heavy (non-hydrogen) atoms. The van der Waals surface area contributed by atoms with Crippen LogP contribution in [0.25, 0.3) is 10.9 Å². The Hall–Kier alpha value is -3.24. The van der Waals surface area contributed by atoms with Gasteiger partial charge in [-0.2, -0.15) is 13.2 Å². The van der Waals surface area contributed by atoms with Crippen LogP contribution >= 0.6 is 0 Å². The molecule has 2 aliphatic heterocycles. The molecule has 0 aliphatic carbocycles. The van der Waals surface area contributed by atoms with Crippen LogP contribution in [0.3, 0.4) is 0 Å². The van der Waals surface area contributed by atoms with Gasteiger partial charge in [0.2, 0.25) is 0 Å². The van der Waals surface area contributed by atoms with Crippen molar-refractivity contribution in [1.82, 2.24) is 9.88 Å². The summed E-state index contributed by atoms with van der Waals surface area (Å²) in [4.78, 5) is 19.3. The van der Waals surface area contributed by atoms with Crippen LogP contribution in [0.2, 0.25) is 0 Å². The second-order valence-electron chi connectivity index (χ2n) is 8.01. The summed E-state index contributed by atoms with van der Waals surface area (Å²) in [6.07, 6.45) is -4.85. The molecule has 3 heterocycles. The molecule has 6 nitrogen and oxygen atoms in total. The van der Waals surface area contributed by atoms with Crippen LogP contribution in [0, 0.1) is 5.82 Å². The number of nitrogens with zero attached hydrogens (tertiary/aromatic N) is 2. The van der Waals surface area contributed by atoms with E-state index in [-0.39, 0.29) is 31.2 Å². The highest BCUT2D eigenvalue weighted by Gasteiger charge is 2.36. The fourth-order valence-corrected chi connectivity index (χ4v) is 4.36. The smallest absolute Gasteiger partial charge is 0.383 e. The molecule has 10 heteroatoms. The maximum absolute atomic E-state index is 13.8. The van der Waals surface area contributed by atoms with E-state index in [0.717, 1.165) is 28.6 Å². The average molecular weight is 461 g/mol. The van der Waals surface area contributed by atoms with Crippen LogP contribution in [0.5, 0.6) is 0 Å². The average Bonchev–Trinajstić information content (AvgIpc) is 3.29. The number of fused-ring (bicyclic) bond motifs is 3. The van der Waals surface area contributed by atoms with E-state index < -0.39 is 23.6 Å². The predicted molar refractivity (Wildman–Crippen MR) is 111 cm³/mol. The van der Waals surface area contributed by atoms with Gasteiger partial charge in [0.05, 0.1) is 43.5 Å². The van der Waals surface area contributed by atoms with Crippen molar-refractivity contribution >= 4 is 22.6 Å². The number of pyridine rings is 1. The third-order valence-corrected chi connectivity index (χ3v) is 6.05. The number of amides is 1. The van der Waals surface area contributed by atoms with E-state index in [1.807, 2.05) is 0 Å². The number of halogens is 4. The fourth-order valence-electron chi connectivity index (χ4n) is 4.36. The molecule has 2 aliphatic rings. The van der Waals surface area contributed by atoms with Gasteiger partial charge in [-0.05, 0) is 41.5 Å². The summed E-state index contributed by atoms with van der Waals surface area (Å²) in [6.45, 7) is 1.13. The molecule has 2 aromatic carbocycles. The Kier molecular flexibility index (Phi) is 5.21. The van der Waals surface area contributed by atoms with Gasteiger partial charge < -0.3 is 20.1 Å². The molecule has 0 unspecified atom stereocenters. The summed E-state index contributed by atoms with van der Waals surface area (Å²) in [5.74, 6) is -1.34. The Morgan fingerprint density at radius 1 is 1.09 bits per heavy atom. The SMILES string of the molecule is Nc1nc2ccc(C(=O)N3CCOC[C@@H]3c3ccc(F)c(C(F)(F)F)c3)cc2c2c1COC2. The first-order chi connectivity index (χ1) is 15.7. The summed E-state index contributed by atoms with van der Waals surface area (Å²) in [5, 5.41) is 0.744. The lowest BCUT2D eigenvalue weighted by Gasteiger charge is -2.36. The second-order valence-corrected chi connectivity index (χ2v) is 8.01. The number of anilines is 1. The highest BCUT2D eigenvalue weighted by Crippen LogP contribution is 2.36. The Morgan fingerprint density at radius 3 is 2.67 bits per heavy atom. The first kappa shape index (κ1) is 21.6. The molecule has 1 saturated heterocycles. The van der Waals surface area contributed by atoms with Crippen LogP contribution in [0.15, 0.2) is 36.4 Å². The summed E-state index contributed by atoms with van der Waals surface area (Å²) in [7, 11) is 0. The van der Waals surface area contributed by atoms with E-state index in [9.17, 15) is 22.4 Å². The molecule has 0 saturated carbocycles. The topological polar surface area (TPSA) is 77.7 Å². The maximum Gasteiger partial charge on any atom is 0.419 e. The number of carbonyl (C=O) groups is 1. The van der Waals surface area contributed by atoms with Gasteiger partial charge in [-0.3, -0.25) is 4.79 Å². The summed E-state index contributed by atoms with van der Waals surface area (Å²) in [5.41, 5.74) is 7.43. The van der Waals surface area contributed by atoms with Gasteiger partial charge in [0, 0.05) is 23.1 Å². The minimum absolute atomic E-state index is 0.00355. The Balaban J connectivity index is 1.52. The zero-order valence-corrected chi connectivity index (χ0v) is 17.3. The van der Waals surface area contributed by atoms with E-state index >= 15 is 0 Å². The molecule has 1 amide bonds. The molecule has 3 aromatic rings. The first-order valence-electron chi connectivity index (χ1n) is 10.3. The predicted octanol–water partition coefficient (Wildman–Crippen LogP) is 4.22. The fraction of sp³-hybridized carbons (Fsp3) is 0.304. The van der Waals surface area contributed by atoms with Crippen LogP contribution in [0.1, 0.15) is 38.7 Å². The zero-order chi connectivity index (χ0) is 23.3. The molecule has 1 aromatic heterocycles. The van der Waals surface area contributed by atoms with E-state index in [1.54, 1.807) is 18.2 Å². The number of hydrogen-bond acceptors (Lipinski definition) is 5. The largest absolute Gasteiger partial charge is 0.419 e. The van der Waals surface area contributed by atoms with E-state index in [1.165, 1.54) is 11.0 Å². The van der Waals surface area contributed by atoms with Gasteiger partial charge in [-0.25, -0.2) is 9.37 Å². The molecule has 1 fully saturated rings. The second kappa shape index (κ2) is 7.96. The minimum atomic E-state index is -4.85. The lowest BCUT2D eigenvalue weighted by Crippen LogP contribution is -2.43.